The van der Waals surface area contributed by atoms with Gasteiger partial charge in [0.1, 0.15) is 11.6 Å². The fourth-order valence-electron chi connectivity index (χ4n) is 6.23. The molecule has 2 fully saturated rings. The molecule has 1 aromatic carbocycles. The summed E-state index contributed by atoms with van der Waals surface area (Å²) in [6, 6.07) is 4.43. The molecule has 2 aliphatic rings. The molecule has 15 nitrogen and oxygen atoms in total. The SMILES string of the molecule is CCCC(NC(=O)[C@@]1(NC(=O)[C@@H](NC(=O)OCC(C)C)C2CCNCC2)C[C@H]1C(C)C)C(=O)C(=O)NCC(=O)NC(C(=O)O)c1ccccc1. The summed E-state index contributed by atoms with van der Waals surface area (Å²) in [4.78, 5) is 90.8. The van der Waals surface area contributed by atoms with E-state index in [9.17, 15) is 38.7 Å². The molecule has 1 aliphatic carbocycles. The predicted molar refractivity (Wildman–Crippen MR) is 182 cm³/mol. The number of carboxylic acids is 1. The van der Waals surface area contributed by atoms with Gasteiger partial charge in [0.05, 0.1) is 19.2 Å². The Morgan fingerprint density at radius 3 is 2.18 bits per heavy atom. The molecule has 50 heavy (non-hydrogen) atoms. The van der Waals surface area contributed by atoms with Gasteiger partial charge in [0, 0.05) is 0 Å². The minimum atomic E-state index is -1.37. The lowest BCUT2D eigenvalue weighted by atomic mass is 9.89. The van der Waals surface area contributed by atoms with Crippen LogP contribution in [-0.2, 0) is 33.5 Å². The van der Waals surface area contributed by atoms with E-state index in [0.29, 0.717) is 44.3 Å². The normalized spacial score (nSPS) is 20.5. The average molecular weight is 701 g/mol. The number of rotatable bonds is 18. The van der Waals surface area contributed by atoms with Gasteiger partial charge in [-0.25, -0.2) is 9.59 Å². The standard InChI is InChI=1S/C35H52N6O9/c1-6-10-25(29(43)31(45)37-18-26(42)39-28(32(46)47)22-11-8-7-9-12-22)38-33(48)35(17-24(35)21(4)5)41-30(44)27(23-13-15-36-16-14-23)40-34(49)50-19-20(2)3/h7-9,11-12,20-21,23-25,27-28,36H,6,10,13-19H2,1-5H3,(H,37,45)(H,38,48)(H,39,42)(H,40,49)(H,41,44)(H,46,47)/t24-,25?,27-,28?,35+/m0/s1. The van der Waals surface area contributed by atoms with E-state index in [-0.39, 0.29) is 36.7 Å². The maximum absolute atomic E-state index is 13.9. The average Bonchev–Trinajstić information content (AvgIpc) is 3.83. The molecular weight excluding hydrogens is 648 g/mol. The van der Waals surface area contributed by atoms with Crippen LogP contribution in [0.2, 0.25) is 0 Å². The lowest BCUT2D eigenvalue weighted by Gasteiger charge is -2.32. The smallest absolute Gasteiger partial charge is 0.407 e. The Morgan fingerprint density at radius 1 is 0.960 bits per heavy atom. The van der Waals surface area contributed by atoms with Crippen LogP contribution < -0.4 is 31.9 Å². The fraction of sp³-hybridized carbons (Fsp3) is 0.629. The maximum Gasteiger partial charge on any atom is 0.407 e. The Hall–Kier alpha value is -4.53. The number of hydrogen-bond donors (Lipinski definition) is 7. The van der Waals surface area contributed by atoms with Crippen molar-refractivity contribution in [2.24, 2.45) is 23.7 Å². The van der Waals surface area contributed by atoms with Crippen molar-refractivity contribution in [3.05, 3.63) is 35.9 Å². The molecule has 5 amide bonds. The minimum absolute atomic E-state index is 0.0185. The zero-order valence-electron chi connectivity index (χ0n) is 29.5. The molecule has 5 atom stereocenters. The van der Waals surface area contributed by atoms with Gasteiger partial charge in [0.2, 0.25) is 23.5 Å². The number of carbonyl (C=O) groups is 7. The summed E-state index contributed by atoms with van der Waals surface area (Å²) in [5.74, 6) is -5.80. The second-order valence-corrected chi connectivity index (χ2v) is 13.8. The molecule has 0 radical (unpaired) electrons. The molecule has 1 saturated carbocycles. The highest BCUT2D eigenvalue weighted by Crippen LogP contribution is 2.49. The van der Waals surface area contributed by atoms with Crippen molar-refractivity contribution < 1.29 is 43.4 Å². The van der Waals surface area contributed by atoms with Crippen LogP contribution >= 0.6 is 0 Å². The van der Waals surface area contributed by atoms with Crippen LogP contribution in [0, 0.1) is 23.7 Å². The summed E-state index contributed by atoms with van der Waals surface area (Å²) in [5.41, 5.74) is -1.04. The summed E-state index contributed by atoms with van der Waals surface area (Å²) in [6.07, 6.45) is 1.35. The summed E-state index contributed by atoms with van der Waals surface area (Å²) >= 11 is 0. The van der Waals surface area contributed by atoms with Gasteiger partial charge in [-0.05, 0) is 68.0 Å². The van der Waals surface area contributed by atoms with Crippen molar-refractivity contribution >= 4 is 41.5 Å². The van der Waals surface area contributed by atoms with E-state index in [1.807, 2.05) is 27.7 Å². The van der Waals surface area contributed by atoms with Gasteiger partial charge in [-0.1, -0.05) is 71.4 Å². The molecule has 0 aromatic heterocycles. The number of ketones is 1. The highest BCUT2D eigenvalue weighted by molar-refractivity contribution is 6.38. The number of hydrogen-bond acceptors (Lipinski definition) is 9. The number of carboxylic acid groups (broad SMARTS) is 1. The van der Waals surface area contributed by atoms with Crippen LogP contribution in [0.25, 0.3) is 0 Å². The molecule has 15 heteroatoms. The third-order valence-corrected chi connectivity index (χ3v) is 9.05. The Morgan fingerprint density at radius 2 is 1.62 bits per heavy atom. The van der Waals surface area contributed by atoms with Gasteiger partial charge in [-0.3, -0.25) is 24.0 Å². The van der Waals surface area contributed by atoms with E-state index in [4.69, 9.17) is 4.74 Å². The number of aliphatic carboxylic acids is 1. The Bertz CT molecular complexity index is 1380. The zero-order chi connectivity index (χ0) is 37.0. The number of carbonyl (C=O) groups excluding carboxylic acids is 6. The van der Waals surface area contributed by atoms with Crippen molar-refractivity contribution in [1.82, 2.24) is 31.9 Å². The van der Waals surface area contributed by atoms with Crippen molar-refractivity contribution in [3.8, 4) is 0 Å². The number of piperidine rings is 1. The highest BCUT2D eigenvalue weighted by atomic mass is 16.5. The Labute approximate surface area is 292 Å². The lowest BCUT2D eigenvalue weighted by Crippen LogP contribution is -2.61. The molecule has 7 N–H and O–H groups in total. The first-order chi connectivity index (χ1) is 23.7. The van der Waals surface area contributed by atoms with Gasteiger partial charge in [0.25, 0.3) is 5.91 Å². The van der Waals surface area contributed by atoms with E-state index in [1.165, 1.54) is 12.1 Å². The topological polar surface area (TPSA) is 221 Å². The first kappa shape index (κ1) is 39.9. The predicted octanol–water partition coefficient (Wildman–Crippen LogP) is 1.18. The van der Waals surface area contributed by atoms with Crippen molar-refractivity contribution in [3.63, 3.8) is 0 Å². The molecule has 1 aliphatic heterocycles. The molecule has 1 aromatic rings. The number of alkyl carbamates (subject to hydrolysis) is 1. The number of Topliss-reactive ketones (excluding diaryl/α,β-unsaturated/α-hetero) is 1. The van der Waals surface area contributed by atoms with Crippen molar-refractivity contribution in [2.45, 2.75) is 90.4 Å². The third-order valence-electron chi connectivity index (χ3n) is 9.05. The van der Waals surface area contributed by atoms with Crippen LogP contribution in [0.3, 0.4) is 0 Å². The van der Waals surface area contributed by atoms with Crippen LogP contribution in [0.1, 0.15) is 78.3 Å². The molecule has 1 saturated heterocycles. The van der Waals surface area contributed by atoms with Gasteiger partial charge < -0.3 is 41.7 Å². The van der Waals surface area contributed by atoms with Gasteiger partial charge >= 0.3 is 12.1 Å². The molecule has 0 spiro atoms. The van der Waals surface area contributed by atoms with E-state index >= 15 is 0 Å². The van der Waals surface area contributed by atoms with Crippen molar-refractivity contribution in [2.75, 3.05) is 26.2 Å². The molecule has 2 unspecified atom stereocenters. The number of ether oxygens (including phenoxy) is 1. The Kier molecular flexibility index (Phi) is 14.7. The fourth-order valence-corrected chi connectivity index (χ4v) is 6.23. The van der Waals surface area contributed by atoms with Crippen molar-refractivity contribution in [1.29, 1.82) is 0 Å². The minimum Gasteiger partial charge on any atom is -0.479 e. The second kappa shape index (κ2) is 18.5. The third kappa shape index (κ3) is 11.0. The summed E-state index contributed by atoms with van der Waals surface area (Å²) in [7, 11) is 0. The zero-order valence-corrected chi connectivity index (χ0v) is 29.5. The summed E-state index contributed by atoms with van der Waals surface area (Å²) in [5, 5.41) is 25.6. The Balaban J connectivity index is 1.69. The van der Waals surface area contributed by atoms with Gasteiger partial charge in [-0.2, -0.15) is 0 Å². The largest absolute Gasteiger partial charge is 0.479 e. The molecule has 1 heterocycles. The monoisotopic (exact) mass is 700 g/mol. The second-order valence-electron chi connectivity index (χ2n) is 13.8. The van der Waals surface area contributed by atoms with Gasteiger partial charge in [0.15, 0.2) is 6.04 Å². The number of nitrogens with one attached hydrogen (secondary N) is 6. The molecule has 3 rings (SSSR count). The first-order valence-electron chi connectivity index (χ1n) is 17.4. The molecule has 0 bridgehead atoms. The van der Waals surface area contributed by atoms with E-state index in [0.717, 1.165) is 0 Å². The number of amides is 5. The van der Waals surface area contributed by atoms with Gasteiger partial charge in [-0.15, -0.1) is 0 Å². The first-order valence-corrected chi connectivity index (χ1v) is 17.4. The van der Waals surface area contributed by atoms with E-state index in [2.05, 4.69) is 31.9 Å². The lowest BCUT2D eigenvalue weighted by molar-refractivity contribution is -0.142. The van der Waals surface area contributed by atoms with E-state index in [1.54, 1.807) is 25.1 Å². The summed E-state index contributed by atoms with van der Waals surface area (Å²) < 4.78 is 5.29. The van der Waals surface area contributed by atoms with E-state index < -0.39 is 71.7 Å². The molecular formula is C35H52N6O9. The number of benzene rings is 1. The van der Waals surface area contributed by atoms with Crippen LogP contribution in [-0.4, -0.2) is 90.4 Å². The maximum atomic E-state index is 13.9. The quantitative estimate of drug-likeness (QED) is 0.108. The summed E-state index contributed by atoms with van der Waals surface area (Å²) in [6.45, 7) is 10.2. The van der Waals surface area contributed by atoms with Crippen LogP contribution in [0.4, 0.5) is 4.79 Å². The highest BCUT2D eigenvalue weighted by Gasteiger charge is 2.63. The van der Waals surface area contributed by atoms with Crippen LogP contribution in [0.15, 0.2) is 30.3 Å². The molecule has 276 valence electrons. The van der Waals surface area contributed by atoms with Crippen LogP contribution in [0.5, 0.6) is 0 Å².